The summed E-state index contributed by atoms with van der Waals surface area (Å²) in [5, 5.41) is 4.84. The lowest BCUT2D eigenvalue weighted by atomic mass is 10.1. The number of carbonyl (C=O) groups excluding carboxylic acids is 3. The highest BCUT2D eigenvalue weighted by molar-refractivity contribution is 7.98. The molecule has 4 atom stereocenters. The number of hydrogen-bond donors (Lipinski definition) is 1. The first-order chi connectivity index (χ1) is 23.4. The van der Waals surface area contributed by atoms with Crippen LogP contribution in [0.15, 0.2) is 101 Å². The normalized spacial score (nSPS) is 18.7. The highest BCUT2D eigenvalue weighted by atomic mass is 32.2. The Hall–Kier alpha value is -5.47. The number of carbonyl (C=O) groups is 3. The molecule has 5 aromatic rings. The van der Waals surface area contributed by atoms with Crippen LogP contribution in [0.2, 0.25) is 0 Å². The number of thioether (sulfide) groups is 1. The van der Waals surface area contributed by atoms with Crippen LogP contribution in [-0.4, -0.2) is 75.4 Å². The second-order valence-electron chi connectivity index (χ2n) is 10.5. The van der Waals surface area contributed by atoms with Crippen molar-refractivity contribution in [3.8, 4) is 5.88 Å². The van der Waals surface area contributed by atoms with Crippen molar-refractivity contribution >= 4 is 40.7 Å². The van der Waals surface area contributed by atoms with Crippen LogP contribution in [0.5, 0.6) is 5.88 Å². The lowest BCUT2D eigenvalue weighted by Crippen LogP contribution is -2.41. The largest absolute Gasteiger partial charge is 0.476 e. The summed E-state index contributed by atoms with van der Waals surface area (Å²) >= 11 is 1.20. The van der Waals surface area contributed by atoms with Crippen LogP contribution in [0.25, 0.3) is 11.0 Å². The Balaban J connectivity index is 1.44. The molecule has 6 rings (SSSR count). The van der Waals surface area contributed by atoms with Gasteiger partial charge >= 0.3 is 17.9 Å². The maximum atomic E-state index is 13.5. The molecule has 0 spiro atoms. The summed E-state index contributed by atoms with van der Waals surface area (Å²) in [6.45, 7) is 1.52. The zero-order valence-electron chi connectivity index (χ0n) is 25.8. The van der Waals surface area contributed by atoms with Gasteiger partial charge in [0, 0.05) is 0 Å². The monoisotopic (exact) mass is 670 g/mol. The molecule has 3 heterocycles. The molecule has 3 aromatic carbocycles. The number of benzene rings is 3. The molecule has 1 aliphatic rings. The van der Waals surface area contributed by atoms with Gasteiger partial charge in [0.1, 0.15) is 18.1 Å². The van der Waals surface area contributed by atoms with Gasteiger partial charge in [-0.15, -0.1) is 5.10 Å². The minimum absolute atomic E-state index is 0.0255. The average Bonchev–Trinajstić information content (AvgIpc) is 3.65. The van der Waals surface area contributed by atoms with E-state index in [1.54, 1.807) is 104 Å². The Morgan fingerprint density at radius 3 is 1.92 bits per heavy atom. The third-order valence-electron chi connectivity index (χ3n) is 7.40. The topological polar surface area (TPSA) is 161 Å². The molecule has 2 aromatic heterocycles. The summed E-state index contributed by atoms with van der Waals surface area (Å²) in [7, 11) is 0. The molecule has 1 fully saturated rings. The molecular weight excluding hydrogens is 640 g/mol. The van der Waals surface area contributed by atoms with Crippen molar-refractivity contribution in [1.29, 1.82) is 0 Å². The second-order valence-corrected chi connectivity index (χ2v) is 11.3. The van der Waals surface area contributed by atoms with E-state index in [0.717, 1.165) is 0 Å². The van der Waals surface area contributed by atoms with E-state index < -0.39 is 54.6 Å². The Morgan fingerprint density at radius 1 is 0.833 bits per heavy atom. The third-order valence-corrected chi connectivity index (χ3v) is 7.98. The Morgan fingerprint density at radius 2 is 1.38 bits per heavy atom. The minimum Gasteiger partial charge on any atom is -0.476 e. The standard InChI is InChI=1S/C34H30N4O9S/c1-3-43-29-24-27(35-34(48-2)36-28(24)39)38(37-29)30-26(47-33(42)22-17-11-6-12-18-22)25(46-32(41)21-15-9-5-10-16-21)23(45-30)19-44-31(40)20-13-7-4-8-14-20/h4-18,23,25-26,30H,3,19H2,1-2H3,(H,35,36,39). The van der Waals surface area contributed by atoms with Crippen molar-refractivity contribution in [2.24, 2.45) is 0 Å². The number of ether oxygens (including phenoxy) is 5. The predicted octanol–water partition coefficient (Wildman–Crippen LogP) is 4.45. The molecule has 0 radical (unpaired) electrons. The van der Waals surface area contributed by atoms with Gasteiger partial charge in [-0.3, -0.25) is 4.79 Å². The van der Waals surface area contributed by atoms with Gasteiger partial charge in [0.2, 0.25) is 5.88 Å². The zero-order chi connectivity index (χ0) is 33.6. The van der Waals surface area contributed by atoms with Crippen LogP contribution >= 0.6 is 11.8 Å². The fourth-order valence-electron chi connectivity index (χ4n) is 5.16. The predicted molar refractivity (Wildman–Crippen MR) is 173 cm³/mol. The van der Waals surface area contributed by atoms with Crippen molar-refractivity contribution in [1.82, 2.24) is 19.7 Å². The lowest BCUT2D eigenvalue weighted by Gasteiger charge is -2.24. The average molecular weight is 671 g/mol. The molecule has 48 heavy (non-hydrogen) atoms. The smallest absolute Gasteiger partial charge is 0.338 e. The molecule has 0 aliphatic carbocycles. The molecule has 1 aliphatic heterocycles. The maximum Gasteiger partial charge on any atom is 0.338 e. The number of rotatable bonds is 11. The van der Waals surface area contributed by atoms with Crippen LogP contribution in [0, 0.1) is 0 Å². The summed E-state index contributed by atoms with van der Waals surface area (Å²) in [5.74, 6) is -2.14. The fraction of sp³-hybridized carbons (Fsp3) is 0.235. The summed E-state index contributed by atoms with van der Waals surface area (Å²) in [6, 6.07) is 24.8. The molecule has 4 unspecified atom stereocenters. The van der Waals surface area contributed by atoms with Gasteiger partial charge in [0.15, 0.2) is 29.2 Å². The number of nitrogens with one attached hydrogen (secondary N) is 1. The van der Waals surface area contributed by atoms with Gasteiger partial charge in [-0.2, -0.15) is 0 Å². The molecule has 0 saturated carbocycles. The number of H-pyrrole nitrogens is 1. The number of aromatic amines is 1. The Bertz CT molecular complexity index is 1970. The van der Waals surface area contributed by atoms with Crippen molar-refractivity contribution in [2.45, 2.75) is 36.6 Å². The molecule has 0 amide bonds. The van der Waals surface area contributed by atoms with Crippen LogP contribution in [0.4, 0.5) is 0 Å². The van der Waals surface area contributed by atoms with E-state index in [9.17, 15) is 19.2 Å². The van der Waals surface area contributed by atoms with Crippen molar-refractivity contribution < 1.29 is 38.1 Å². The number of aromatic nitrogens is 4. The van der Waals surface area contributed by atoms with Gasteiger partial charge in [-0.05, 0) is 49.6 Å². The summed E-state index contributed by atoms with van der Waals surface area (Å²) in [6.07, 6.45) is -3.40. The first-order valence-electron chi connectivity index (χ1n) is 15.0. The van der Waals surface area contributed by atoms with Gasteiger partial charge in [-0.25, -0.2) is 24.0 Å². The lowest BCUT2D eigenvalue weighted by molar-refractivity contribution is -0.0657. The van der Waals surface area contributed by atoms with Gasteiger partial charge in [0.25, 0.3) is 5.56 Å². The van der Waals surface area contributed by atoms with E-state index in [1.807, 2.05) is 0 Å². The third kappa shape index (κ3) is 6.80. The summed E-state index contributed by atoms with van der Waals surface area (Å²) < 4.78 is 31.0. The van der Waals surface area contributed by atoms with E-state index in [1.165, 1.54) is 16.4 Å². The van der Waals surface area contributed by atoms with E-state index in [4.69, 9.17) is 23.7 Å². The van der Waals surface area contributed by atoms with Crippen LogP contribution in [-0.2, 0) is 18.9 Å². The summed E-state index contributed by atoms with van der Waals surface area (Å²) in [5.41, 5.74) is 0.324. The Labute approximate surface area is 278 Å². The molecule has 0 bridgehead atoms. The number of hydrogen-bond acceptors (Lipinski definition) is 12. The van der Waals surface area contributed by atoms with Gasteiger partial charge < -0.3 is 28.7 Å². The minimum atomic E-state index is -1.36. The SMILES string of the molecule is CCOc1nn(C2OC(COC(=O)c3ccccc3)C(OC(=O)c3ccccc3)C2OC(=O)c2ccccc2)c2nc(SC)[nH]c(=O)c12. The van der Waals surface area contributed by atoms with Crippen LogP contribution < -0.4 is 10.3 Å². The Kier molecular flexibility index (Phi) is 9.83. The number of nitrogens with zero attached hydrogens (tertiary/aromatic N) is 3. The first kappa shape index (κ1) is 32.5. The quantitative estimate of drug-likeness (QED) is 0.0912. The molecule has 1 saturated heterocycles. The van der Waals surface area contributed by atoms with Crippen molar-refractivity contribution in [2.75, 3.05) is 19.5 Å². The van der Waals surface area contributed by atoms with Crippen LogP contribution in [0.3, 0.4) is 0 Å². The van der Waals surface area contributed by atoms with Gasteiger partial charge in [0.05, 0.1) is 23.3 Å². The molecule has 13 nitrogen and oxygen atoms in total. The molecule has 246 valence electrons. The molecule has 1 N–H and O–H groups in total. The summed E-state index contributed by atoms with van der Waals surface area (Å²) in [4.78, 5) is 60.4. The maximum absolute atomic E-state index is 13.5. The zero-order valence-corrected chi connectivity index (χ0v) is 26.6. The van der Waals surface area contributed by atoms with E-state index >= 15 is 0 Å². The second kappa shape index (κ2) is 14.5. The van der Waals surface area contributed by atoms with Gasteiger partial charge in [-0.1, -0.05) is 66.4 Å². The number of fused-ring (bicyclic) bond motifs is 1. The van der Waals surface area contributed by atoms with E-state index in [0.29, 0.717) is 5.56 Å². The molecular formula is C34H30N4O9S. The number of esters is 3. The van der Waals surface area contributed by atoms with Crippen molar-refractivity contribution in [3.63, 3.8) is 0 Å². The fourth-order valence-corrected chi connectivity index (χ4v) is 5.53. The highest BCUT2D eigenvalue weighted by Crippen LogP contribution is 2.38. The first-order valence-corrected chi connectivity index (χ1v) is 16.2. The highest BCUT2D eigenvalue weighted by Gasteiger charge is 2.52. The van der Waals surface area contributed by atoms with E-state index in [-0.39, 0.29) is 39.8 Å². The molecule has 14 heteroatoms. The van der Waals surface area contributed by atoms with Crippen molar-refractivity contribution in [3.05, 3.63) is 118 Å². The van der Waals surface area contributed by atoms with E-state index in [2.05, 4.69) is 15.1 Å². The van der Waals surface area contributed by atoms with Crippen LogP contribution in [0.1, 0.15) is 44.2 Å².